The number of nitrogens with one attached hydrogen (secondary N) is 1. The zero-order valence-electron chi connectivity index (χ0n) is 10.5. The summed E-state index contributed by atoms with van der Waals surface area (Å²) in [7, 11) is 2.03. The van der Waals surface area contributed by atoms with Crippen molar-refractivity contribution in [2.24, 2.45) is 0 Å². The Morgan fingerprint density at radius 3 is 2.50 bits per heavy atom. The molecule has 94 valence electrons. The van der Waals surface area contributed by atoms with Gasteiger partial charge in [0.25, 0.3) is 5.91 Å². The summed E-state index contributed by atoms with van der Waals surface area (Å²) >= 11 is 0. The van der Waals surface area contributed by atoms with Crippen LogP contribution in [0.1, 0.15) is 23.2 Å². The Hall–Kier alpha value is -1.86. The molecule has 0 unspecified atom stereocenters. The van der Waals surface area contributed by atoms with Gasteiger partial charge in [-0.25, -0.2) is 0 Å². The molecule has 0 atom stereocenters. The molecule has 1 saturated heterocycles. The second-order valence-corrected chi connectivity index (χ2v) is 4.82. The molecule has 0 bridgehead atoms. The summed E-state index contributed by atoms with van der Waals surface area (Å²) in [5, 5.41) is 12.2. The Morgan fingerprint density at radius 1 is 1.33 bits per heavy atom. The van der Waals surface area contributed by atoms with Gasteiger partial charge in [0.1, 0.15) is 5.54 Å². The van der Waals surface area contributed by atoms with Crippen LogP contribution in [0, 0.1) is 11.3 Å². The van der Waals surface area contributed by atoms with Crippen molar-refractivity contribution in [1.82, 2.24) is 10.2 Å². The van der Waals surface area contributed by atoms with E-state index in [1.165, 1.54) is 0 Å². The fraction of sp³-hybridized carbons (Fsp3) is 0.429. The molecule has 1 aromatic rings. The first-order chi connectivity index (χ1) is 8.65. The summed E-state index contributed by atoms with van der Waals surface area (Å²) < 4.78 is 0. The van der Waals surface area contributed by atoms with Crippen molar-refractivity contribution in [2.75, 3.05) is 20.1 Å². The van der Waals surface area contributed by atoms with E-state index in [1.54, 1.807) is 12.1 Å². The Bertz CT molecular complexity index is 456. The van der Waals surface area contributed by atoms with Crippen LogP contribution in [0.25, 0.3) is 0 Å². The number of nitrogens with zero attached hydrogens (tertiary/aromatic N) is 2. The van der Waals surface area contributed by atoms with Crippen LogP contribution in [-0.2, 0) is 0 Å². The minimum Gasteiger partial charge on any atom is -0.334 e. The van der Waals surface area contributed by atoms with E-state index in [0.717, 1.165) is 13.1 Å². The molecule has 0 spiro atoms. The topological polar surface area (TPSA) is 56.1 Å². The minimum atomic E-state index is -0.709. The molecule has 2 rings (SSSR count). The number of benzene rings is 1. The largest absolute Gasteiger partial charge is 0.334 e. The van der Waals surface area contributed by atoms with E-state index in [9.17, 15) is 10.1 Å². The Labute approximate surface area is 107 Å². The predicted octanol–water partition coefficient (Wildman–Crippen LogP) is 1.40. The summed E-state index contributed by atoms with van der Waals surface area (Å²) in [5.41, 5.74) is -0.106. The number of hydrogen-bond acceptors (Lipinski definition) is 3. The summed E-state index contributed by atoms with van der Waals surface area (Å²) in [4.78, 5) is 14.3. The smallest absolute Gasteiger partial charge is 0.252 e. The highest BCUT2D eigenvalue weighted by Gasteiger charge is 2.35. The summed E-state index contributed by atoms with van der Waals surface area (Å²) in [5.74, 6) is -0.165. The molecular weight excluding hydrogens is 226 g/mol. The normalized spacial score (nSPS) is 18.9. The van der Waals surface area contributed by atoms with Gasteiger partial charge in [-0.15, -0.1) is 0 Å². The number of piperidine rings is 1. The van der Waals surface area contributed by atoms with Crippen LogP contribution in [0.15, 0.2) is 30.3 Å². The van der Waals surface area contributed by atoms with Gasteiger partial charge in [-0.3, -0.25) is 4.79 Å². The Balaban J connectivity index is 2.08. The number of nitriles is 1. The maximum atomic E-state index is 12.1. The van der Waals surface area contributed by atoms with Crippen LogP contribution in [-0.4, -0.2) is 36.5 Å². The number of carbonyl (C=O) groups is 1. The number of amides is 1. The lowest BCUT2D eigenvalue weighted by atomic mass is 9.89. The van der Waals surface area contributed by atoms with Gasteiger partial charge in [-0.1, -0.05) is 18.2 Å². The van der Waals surface area contributed by atoms with Crippen LogP contribution in [0.4, 0.5) is 0 Å². The van der Waals surface area contributed by atoms with Gasteiger partial charge in [0.15, 0.2) is 0 Å². The van der Waals surface area contributed by atoms with Crippen LogP contribution in [0.3, 0.4) is 0 Å². The highest BCUT2D eigenvalue weighted by Crippen LogP contribution is 2.21. The molecule has 0 saturated carbocycles. The second kappa shape index (κ2) is 5.19. The van der Waals surface area contributed by atoms with Crippen LogP contribution in [0.5, 0.6) is 0 Å². The summed E-state index contributed by atoms with van der Waals surface area (Å²) in [6, 6.07) is 11.3. The lowest BCUT2D eigenvalue weighted by molar-refractivity contribution is 0.0882. The highest BCUT2D eigenvalue weighted by atomic mass is 16.1. The van der Waals surface area contributed by atoms with Crippen LogP contribution in [0.2, 0.25) is 0 Å². The van der Waals surface area contributed by atoms with Gasteiger partial charge in [-0.2, -0.15) is 5.26 Å². The third kappa shape index (κ3) is 2.69. The average molecular weight is 243 g/mol. The molecule has 1 amide bonds. The Kier molecular flexibility index (Phi) is 3.63. The van der Waals surface area contributed by atoms with Crippen molar-refractivity contribution in [3.05, 3.63) is 35.9 Å². The lowest BCUT2D eigenvalue weighted by Gasteiger charge is -2.35. The van der Waals surface area contributed by atoms with E-state index in [0.29, 0.717) is 18.4 Å². The van der Waals surface area contributed by atoms with Crippen molar-refractivity contribution in [3.8, 4) is 6.07 Å². The molecule has 4 nitrogen and oxygen atoms in total. The van der Waals surface area contributed by atoms with Gasteiger partial charge in [-0.05, 0) is 32.0 Å². The third-order valence-corrected chi connectivity index (χ3v) is 3.44. The van der Waals surface area contributed by atoms with Crippen molar-refractivity contribution in [2.45, 2.75) is 18.4 Å². The molecule has 0 aromatic heterocycles. The molecule has 1 aliphatic heterocycles. The van der Waals surface area contributed by atoms with Gasteiger partial charge in [0.2, 0.25) is 0 Å². The first-order valence-corrected chi connectivity index (χ1v) is 6.13. The fourth-order valence-electron chi connectivity index (χ4n) is 2.14. The molecular formula is C14H17N3O. The van der Waals surface area contributed by atoms with E-state index in [2.05, 4.69) is 16.3 Å². The molecule has 1 N–H and O–H groups in total. The average Bonchev–Trinajstić information content (AvgIpc) is 2.43. The maximum Gasteiger partial charge on any atom is 0.252 e. The standard InChI is InChI=1S/C14H17N3O/c1-17-9-7-14(11-15,8-10-17)16-13(18)12-5-3-2-4-6-12/h2-6H,7-10H2,1H3,(H,16,18). The number of hydrogen-bond donors (Lipinski definition) is 1. The fourth-order valence-corrected chi connectivity index (χ4v) is 2.14. The lowest BCUT2D eigenvalue weighted by Crippen LogP contribution is -2.53. The van der Waals surface area contributed by atoms with Crippen molar-refractivity contribution >= 4 is 5.91 Å². The highest BCUT2D eigenvalue weighted by molar-refractivity contribution is 5.94. The summed E-state index contributed by atoms with van der Waals surface area (Å²) in [6.07, 6.45) is 1.36. The second-order valence-electron chi connectivity index (χ2n) is 4.82. The first kappa shape index (κ1) is 12.6. The zero-order chi connectivity index (χ0) is 13.0. The summed E-state index contributed by atoms with van der Waals surface area (Å²) in [6.45, 7) is 1.67. The molecule has 0 aliphatic carbocycles. The van der Waals surface area contributed by atoms with Crippen molar-refractivity contribution < 1.29 is 4.79 Å². The van der Waals surface area contributed by atoms with E-state index < -0.39 is 5.54 Å². The van der Waals surface area contributed by atoms with E-state index in [-0.39, 0.29) is 5.91 Å². The molecule has 0 radical (unpaired) electrons. The van der Waals surface area contributed by atoms with Crippen molar-refractivity contribution in [3.63, 3.8) is 0 Å². The van der Waals surface area contributed by atoms with Gasteiger partial charge >= 0.3 is 0 Å². The molecule has 18 heavy (non-hydrogen) atoms. The maximum absolute atomic E-state index is 12.1. The van der Waals surface area contributed by atoms with E-state index >= 15 is 0 Å². The van der Waals surface area contributed by atoms with Crippen molar-refractivity contribution in [1.29, 1.82) is 5.26 Å². The predicted molar refractivity (Wildman–Crippen MR) is 69.0 cm³/mol. The number of rotatable bonds is 2. The zero-order valence-corrected chi connectivity index (χ0v) is 10.5. The molecule has 4 heteroatoms. The first-order valence-electron chi connectivity index (χ1n) is 6.13. The van der Waals surface area contributed by atoms with Crippen LogP contribution < -0.4 is 5.32 Å². The number of likely N-dealkylation sites (tertiary alicyclic amines) is 1. The Morgan fingerprint density at radius 2 is 1.94 bits per heavy atom. The molecule has 1 aromatic carbocycles. The van der Waals surface area contributed by atoms with E-state index in [4.69, 9.17) is 0 Å². The van der Waals surface area contributed by atoms with Gasteiger partial charge in [0.05, 0.1) is 6.07 Å². The third-order valence-electron chi connectivity index (χ3n) is 3.44. The molecule has 1 aliphatic rings. The monoisotopic (exact) mass is 243 g/mol. The van der Waals surface area contributed by atoms with E-state index in [1.807, 2.05) is 25.2 Å². The SMILES string of the molecule is CN1CCC(C#N)(NC(=O)c2ccccc2)CC1. The quantitative estimate of drug-likeness (QED) is 0.854. The molecule has 1 fully saturated rings. The van der Waals surface area contributed by atoms with Gasteiger partial charge in [0, 0.05) is 18.7 Å². The number of carbonyl (C=O) groups excluding carboxylic acids is 1. The molecule has 1 heterocycles. The van der Waals surface area contributed by atoms with Gasteiger partial charge < -0.3 is 10.2 Å². The minimum absolute atomic E-state index is 0.165. The van der Waals surface area contributed by atoms with Crippen LogP contribution >= 0.6 is 0 Å².